The zero-order valence-electron chi connectivity index (χ0n) is 17.9. The van der Waals surface area contributed by atoms with Crippen LogP contribution in [0.15, 0.2) is 78.0 Å². The minimum atomic E-state index is -0.503. The molecule has 1 aromatic heterocycles. The molecule has 6 nitrogen and oxygen atoms in total. The van der Waals surface area contributed by atoms with Gasteiger partial charge in [-0.25, -0.2) is 4.98 Å². The Morgan fingerprint density at radius 1 is 1.09 bits per heavy atom. The highest BCUT2D eigenvalue weighted by Gasteiger charge is 2.35. The van der Waals surface area contributed by atoms with Gasteiger partial charge >= 0.3 is 0 Å². The Morgan fingerprint density at radius 2 is 1.85 bits per heavy atom. The summed E-state index contributed by atoms with van der Waals surface area (Å²) in [5, 5.41) is 7.30. The first-order valence-corrected chi connectivity index (χ1v) is 11.1. The third-order valence-electron chi connectivity index (χ3n) is 5.68. The molecular weight excluding hydrogens is 459 g/mol. The third kappa shape index (κ3) is 3.81. The Bertz CT molecular complexity index is 1410. The second-order valence-electron chi connectivity index (χ2n) is 7.71. The first kappa shape index (κ1) is 21.4. The number of halogens is 2. The van der Waals surface area contributed by atoms with Crippen LogP contribution in [-0.4, -0.2) is 22.6 Å². The van der Waals surface area contributed by atoms with Gasteiger partial charge in [-0.3, -0.25) is 9.36 Å². The summed E-state index contributed by atoms with van der Waals surface area (Å²) in [6.07, 6.45) is 0. The second-order valence-corrected chi connectivity index (χ2v) is 8.55. The van der Waals surface area contributed by atoms with Gasteiger partial charge in [0.15, 0.2) is 0 Å². The van der Waals surface area contributed by atoms with E-state index in [4.69, 9.17) is 32.9 Å². The summed E-state index contributed by atoms with van der Waals surface area (Å²) in [5.41, 5.74) is 4.35. The fraction of sp³-hybridized carbons (Fsp3) is 0.120. The van der Waals surface area contributed by atoms with Gasteiger partial charge in [-0.05, 0) is 61.0 Å². The minimum absolute atomic E-state index is 0.246. The van der Waals surface area contributed by atoms with Gasteiger partial charge < -0.3 is 15.4 Å². The molecule has 0 saturated carbocycles. The number of amides is 1. The average molecular weight is 479 g/mol. The van der Waals surface area contributed by atoms with E-state index in [9.17, 15) is 4.79 Å². The van der Waals surface area contributed by atoms with Crippen molar-refractivity contribution in [3.63, 3.8) is 0 Å². The minimum Gasteiger partial charge on any atom is -0.497 e. The number of nitrogens with one attached hydrogen (secondary N) is 2. The number of fused-ring (bicyclic) bond motifs is 3. The molecule has 0 radical (unpaired) electrons. The smallest absolute Gasteiger partial charge is 0.255 e. The maximum atomic E-state index is 13.6. The SMILES string of the molecule is COc1ccc(NC(=O)C2=C(C)Nc3nc4ccccc4n3[C@H]2c2ccc(Cl)cc2Cl)cc1. The lowest BCUT2D eigenvalue weighted by molar-refractivity contribution is -0.113. The van der Waals surface area contributed by atoms with Crippen molar-refractivity contribution in [1.82, 2.24) is 9.55 Å². The molecule has 0 fully saturated rings. The van der Waals surface area contributed by atoms with Crippen molar-refractivity contribution in [2.24, 2.45) is 0 Å². The van der Waals surface area contributed by atoms with Gasteiger partial charge in [0, 0.05) is 21.4 Å². The lowest BCUT2D eigenvalue weighted by Gasteiger charge is -2.31. The molecule has 0 saturated heterocycles. The maximum absolute atomic E-state index is 13.6. The number of methoxy groups -OCH3 is 1. The first-order valence-electron chi connectivity index (χ1n) is 10.3. The fourth-order valence-electron chi connectivity index (χ4n) is 4.15. The predicted molar refractivity (Wildman–Crippen MR) is 132 cm³/mol. The molecule has 1 aliphatic rings. The zero-order valence-corrected chi connectivity index (χ0v) is 19.4. The summed E-state index contributed by atoms with van der Waals surface area (Å²) < 4.78 is 7.21. The number of hydrogen-bond acceptors (Lipinski definition) is 4. The van der Waals surface area contributed by atoms with Crippen LogP contribution in [0.3, 0.4) is 0 Å². The molecule has 0 aliphatic carbocycles. The quantitative estimate of drug-likeness (QED) is 0.362. The van der Waals surface area contributed by atoms with Crippen molar-refractivity contribution in [3.05, 3.63) is 93.6 Å². The number of aromatic nitrogens is 2. The number of ether oxygens (including phenoxy) is 1. The standard InChI is InChI=1S/C25H20Cl2N4O2/c1-14-22(24(32)29-16-8-10-17(33-2)11-9-16)23(18-12-7-15(26)13-19(18)27)31-21-6-4-3-5-20(21)30-25(31)28-14/h3-13,23H,1-2H3,(H,28,30)(H,29,32)/t23-/m0/s1. The van der Waals surface area contributed by atoms with E-state index in [0.29, 0.717) is 38.7 Å². The number of nitrogens with zero attached hydrogens (tertiary/aromatic N) is 2. The van der Waals surface area contributed by atoms with Gasteiger partial charge in [-0.2, -0.15) is 0 Å². The number of imidazole rings is 1. The van der Waals surface area contributed by atoms with Gasteiger partial charge in [0.2, 0.25) is 5.95 Å². The Hall–Kier alpha value is -3.48. The highest BCUT2D eigenvalue weighted by Crippen LogP contribution is 2.42. The normalized spacial score (nSPS) is 15.2. The van der Waals surface area contributed by atoms with E-state index in [1.54, 1.807) is 43.5 Å². The van der Waals surface area contributed by atoms with Crippen molar-refractivity contribution in [2.75, 3.05) is 17.7 Å². The van der Waals surface area contributed by atoms with Crippen LogP contribution in [0, 0.1) is 0 Å². The Balaban J connectivity index is 1.65. The van der Waals surface area contributed by atoms with E-state index in [1.165, 1.54) is 0 Å². The molecule has 2 heterocycles. The Morgan fingerprint density at radius 3 is 2.58 bits per heavy atom. The van der Waals surface area contributed by atoms with Crippen LogP contribution in [0.2, 0.25) is 10.0 Å². The second kappa shape index (κ2) is 8.46. The van der Waals surface area contributed by atoms with Crippen LogP contribution >= 0.6 is 23.2 Å². The van der Waals surface area contributed by atoms with Crippen molar-refractivity contribution in [2.45, 2.75) is 13.0 Å². The highest BCUT2D eigenvalue weighted by molar-refractivity contribution is 6.35. The van der Waals surface area contributed by atoms with Crippen LogP contribution in [0.1, 0.15) is 18.5 Å². The van der Waals surface area contributed by atoms with Gasteiger partial charge in [0.05, 0.1) is 29.8 Å². The van der Waals surface area contributed by atoms with E-state index in [1.807, 2.05) is 41.8 Å². The molecule has 33 heavy (non-hydrogen) atoms. The van der Waals surface area contributed by atoms with Crippen LogP contribution < -0.4 is 15.4 Å². The van der Waals surface area contributed by atoms with Gasteiger partial charge in [-0.15, -0.1) is 0 Å². The molecule has 0 unspecified atom stereocenters. The maximum Gasteiger partial charge on any atom is 0.255 e. The van der Waals surface area contributed by atoms with Crippen LogP contribution in [0.5, 0.6) is 5.75 Å². The molecule has 166 valence electrons. The monoisotopic (exact) mass is 478 g/mol. The number of allylic oxidation sites excluding steroid dienone is 1. The molecule has 5 rings (SSSR count). The molecule has 0 spiro atoms. The highest BCUT2D eigenvalue weighted by atomic mass is 35.5. The Labute approximate surface area is 200 Å². The van der Waals surface area contributed by atoms with E-state index in [2.05, 4.69) is 10.6 Å². The predicted octanol–water partition coefficient (Wildman–Crippen LogP) is 6.28. The molecule has 1 aliphatic heterocycles. The van der Waals surface area contributed by atoms with Crippen molar-refractivity contribution < 1.29 is 9.53 Å². The van der Waals surface area contributed by atoms with Crippen molar-refractivity contribution in [1.29, 1.82) is 0 Å². The van der Waals surface area contributed by atoms with Gasteiger partial charge in [0.25, 0.3) is 5.91 Å². The topological polar surface area (TPSA) is 68.2 Å². The van der Waals surface area contributed by atoms with E-state index in [-0.39, 0.29) is 5.91 Å². The Kier molecular flexibility index (Phi) is 5.48. The number of carbonyl (C=O) groups is 1. The van der Waals surface area contributed by atoms with Gasteiger partial charge in [-0.1, -0.05) is 41.4 Å². The molecule has 8 heteroatoms. The summed E-state index contributed by atoms with van der Waals surface area (Å²) in [5.74, 6) is 1.11. The molecule has 3 aromatic carbocycles. The average Bonchev–Trinajstić information content (AvgIpc) is 3.16. The number of anilines is 2. The number of para-hydroxylation sites is 2. The number of benzene rings is 3. The van der Waals surface area contributed by atoms with Crippen LogP contribution in [0.25, 0.3) is 11.0 Å². The third-order valence-corrected chi connectivity index (χ3v) is 6.24. The number of rotatable bonds is 4. The van der Waals surface area contributed by atoms with Crippen molar-refractivity contribution >= 4 is 51.8 Å². The largest absolute Gasteiger partial charge is 0.497 e. The van der Waals surface area contributed by atoms with E-state index in [0.717, 1.165) is 16.6 Å². The zero-order chi connectivity index (χ0) is 23.1. The fourth-order valence-corrected chi connectivity index (χ4v) is 4.66. The molecule has 1 amide bonds. The summed E-state index contributed by atoms with van der Waals surface area (Å²) in [6, 6.07) is 19.8. The molecule has 1 atom stereocenters. The number of hydrogen-bond donors (Lipinski definition) is 2. The summed E-state index contributed by atoms with van der Waals surface area (Å²) >= 11 is 12.8. The van der Waals surface area contributed by atoms with E-state index < -0.39 is 6.04 Å². The first-order chi connectivity index (χ1) is 16.0. The number of carbonyl (C=O) groups excluding carboxylic acids is 1. The van der Waals surface area contributed by atoms with Gasteiger partial charge in [0.1, 0.15) is 5.75 Å². The van der Waals surface area contributed by atoms with Crippen molar-refractivity contribution in [3.8, 4) is 5.75 Å². The van der Waals surface area contributed by atoms with E-state index >= 15 is 0 Å². The van der Waals surface area contributed by atoms with Crippen LogP contribution in [-0.2, 0) is 4.79 Å². The molecular formula is C25H20Cl2N4O2. The summed E-state index contributed by atoms with van der Waals surface area (Å²) in [7, 11) is 1.60. The lowest BCUT2D eigenvalue weighted by atomic mass is 9.94. The summed E-state index contributed by atoms with van der Waals surface area (Å²) in [6.45, 7) is 1.86. The summed E-state index contributed by atoms with van der Waals surface area (Å²) in [4.78, 5) is 18.3. The molecule has 0 bridgehead atoms. The molecule has 2 N–H and O–H groups in total. The lowest BCUT2D eigenvalue weighted by Crippen LogP contribution is -2.31. The van der Waals surface area contributed by atoms with Crippen LogP contribution in [0.4, 0.5) is 11.6 Å². The molecule has 4 aromatic rings.